The summed E-state index contributed by atoms with van der Waals surface area (Å²) in [6.07, 6.45) is 0.273. The van der Waals surface area contributed by atoms with Gasteiger partial charge in [-0.05, 0) is 75.2 Å². The lowest BCUT2D eigenvalue weighted by atomic mass is 10.1. The largest absolute Gasteiger partial charge is 0.350 e. The average molecular weight is 609 g/mol. The molecule has 0 bridgehead atoms. The second-order valence-corrected chi connectivity index (χ2v) is 12.9. The van der Waals surface area contributed by atoms with Crippen LogP contribution in [0.25, 0.3) is 0 Å². The number of rotatable bonds is 10. The van der Waals surface area contributed by atoms with Gasteiger partial charge in [0.25, 0.3) is 10.0 Å². The van der Waals surface area contributed by atoms with Crippen LogP contribution < -0.4 is 9.62 Å². The summed E-state index contributed by atoms with van der Waals surface area (Å²) in [5.41, 5.74) is 0.136. The van der Waals surface area contributed by atoms with E-state index in [9.17, 15) is 22.4 Å². The Hall–Kier alpha value is -3.14. The number of carbonyl (C=O) groups is 2. The van der Waals surface area contributed by atoms with Crippen molar-refractivity contribution in [3.63, 3.8) is 0 Å². The van der Waals surface area contributed by atoms with Crippen LogP contribution in [-0.2, 0) is 26.2 Å². The first-order valence-electron chi connectivity index (χ1n) is 12.6. The van der Waals surface area contributed by atoms with E-state index in [1.54, 1.807) is 49.4 Å². The number of benzene rings is 3. The Morgan fingerprint density at radius 1 is 0.975 bits per heavy atom. The maximum atomic E-state index is 14.0. The summed E-state index contributed by atoms with van der Waals surface area (Å²) in [4.78, 5) is 28.6. The minimum absolute atomic E-state index is 0.00207. The molecule has 0 saturated heterocycles. The van der Waals surface area contributed by atoms with Gasteiger partial charge in [-0.1, -0.05) is 60.5 Å². The number of sulfonamides is 1. The van der Waals surface area contributed by atoms with Crippen molar-refractivity contribution in [1.29, 1.82) is 0 Å². The van der Waals surface area contributed by atoms with Gasteiger partial charge in [-0.2, -0.15) is 0 Å². The van der Waals surface area contributed by atoms with Crippen molar-refractivity contribution in [3.05, 3.63) is 94.2 Å². The highest BCUT2D eigenvalue weighted by Gasteiger charge is 2.34. The molecular formula is C29H32Cl2FN3O4S. The lowest BCUT2D eigenvalue weighted by Gasteiger charge is -2.34. The lowest BCUT2D eigenvalue weighted by Crippen LogP contribution is -2.55. The predicted octanol–water partition coefficient (Wildman–Crippen LogP) is 6.05. The van der Waals surface area contributed by atoms with Gasteiger partial charge in [0.05, 0.1) is 15.6 Å². The Bertz CT molecular complexity index is 1450. The number of anilines is 1. The average Bonchev–Trinajstić information content (AvgIpc) is 2.89. The van der Waals surface area contributed by atoms with E-state index in [2.05, 4.69) is 5.32 Å². The minimum Gasteiger partial charge on any atom is -0.350 e. The fraction of sp³-hybridized carbons (Fsp3) is 0.310. The van der Waals surface area contributed by atoms with Gasteiger partial charge >= 0.3 is 0 Å². The molecule has 7 nitrogen and oxygen atoms in total. The quantitative estimate of drug-likeness (QED) is 0.304. The number of carbonyl (C=O) groups excluding carboxylic acids is 2. The van der Waals surface area contributed by atoms with Crippen molar-refractivity contribution in [2.75, 3.05) is 10.8 Å². The predicted molar refractivity (Wildman–Crippen MR) is 156 cm³/mol. The fourth-order valence-electron chi connectivity index (χ4n) is 4.05. The third-order valence-electron chi connectivity index (χ3n) is 5.95. The Morgan fingerprint density at radius 3 is 2.15 bits per heavy atom. The molecule has 2 amide bonds. The molecule has 1 atom stereocenters. The third kappa shape index (κ3) is 7.96. The van der Waals surface area contributed by atoms with E-state index >= 15 is 0 Å². The Labute approximate surface area is 244 Å². The molecule has 0 aromatic heterocycles. The standard InChI is InChI=1S/C29H32Cl2FN3O4S/c1-5-26(28(37)33-29(2,3)4)34(18-20-11-13-21(30)14-12-20)27(36)19-35(22-15-16-25(32)24(31)17-22)40(38,39)23-9-7-6-8-10-23/h6-17,26H,5,18-19H2,1-4H3,(H,33,37)/t26-/m1/s1. The first kappa shape index (κ1) is 31.4. The molecule has 214 valence electrons. The summed E-state index contributed by atoms with van der Waals surface area (Å²) >= 11 is 12.0. The molecule has 1 N–H and O–H groups in total. The van der Waals surface area contributed by atoms with Crippen LogP contribution in [-0.4, -0.2) is 43.3 Å². The normalized spacial score (nSPS) is 12.5. The molecular weight excluding hydrogens is 576 g/mol. The van der Waals surface area contributed by atoms with Gasteiger partial charge < -0.3 is 10.2 Å². The second kappa shape index (κ2) is 13.0. The second-order valence-electron chi connectivity index (χ2n) is 10.2. The van der Waals surface area contributed by atoms with Crippen LogP contribution in [0.5, 0.6) is 0 Å². The molecule has 0 spiro atoms. The maximum absolute atomic E-state index is 14.0. The van der Waals surface area contributed by atoms with Crippen LogP contribution in [0.2, 0.25) is 10.0 Å². The molecule has 0 fully saturated rings. The molecule has 0 heterocycles. The van der Waals surface area contributed by atoms with E-state index in [4.69, 9.17) is 23.2 Å². The SMILES string of the molecule is CC[C@H](C(=O)NC(C)(C)C)N(Cc1ccc(Cl)cc1)C(=O)CN(c1ccc(F)c(Cl)c1)S(=O)(=O)c1ccccc1. The summed E-state index contributed by atoms with van der Waals surface area (Å²) in [6.45, 7) is 6.62. The van der Waals surface area contributed by atoms with Gasteiger partial charge in [-0.15, -0.1) is 0 Å². The van der Waals surface area contributed by atoms with E-state index in [1.807, 2.05) is 20.8 Å². The van der Waals surface area contributed by atoms with E-state index in [0.717, 1.165) is 16.4 Å². The van der Waals surface area contributed by atoms with Gasteiger partial charge in [0.15, 0.2) is 0 Å². The molecule has 0 radical (unpaired) electrons. The van der Waals surface area contributed by atoms with E-state index in [0.29, 0.717) is 10.6 Å². The Kier molecular flexibility index (Phi) is 10.2. The van der Waals surface area contributed by atoms with Gasteiger partial charge in [-0.3, -0.25) is 13.9 Å². The van der Waals surface area contributed by atoms with Crippen LogP contribution in [0.15, 0.2) is 77.7 Å². The molecule has 40 heavy (non-hydrogen) atoms. The highest BCUT2D eigenvalue weighted by molar-refractivity contribution is 7.92. The number of nitrogens with zero attached hydrogens (tertiary/aromatic N) is 2. The smallest absolute Gasteiger partial charge is 0.264 e. The van der Waals surface area contributed by atoms with Gasteiger partial charge in [0, 0.05) is 17.1 Å². The van der Waals surface area contributed by atoms with Crippen LogP contribution in [0.3, 0.4) is 0 Å². The first-order chi connectivity index (χ1) is 18.7. The molecule has 0 saturated carbocycles. The van der Waals surface area contributed by atoms with Gasteiger partial charge in [0.1, 0.15) is 18.4 Å². The number of hydrogen-bond acceptors (Lipinski definition) is 4. The highest BCUT2D eigenvalue weighted by atomic mass is 35.5. The summed E-state index contributed by atoms with van der Waals surface area (Å²) < 4.78 is 42.4. The van der Waals surface area contributed by atoms with Crippen molar-refractivity contribution < 1.29 is 22.4 Å². The van der Waals surface area contributed by atoms with E-state index < -0.39 is 39.9 Å². The topological polar surface area (TPSA) is 86.8 Å². The zero-order chi connectivity index (χ0) is 29.7. The molecule has 3 aromatic carbocycles. The number of halogens is 3. The Balaban J connectivity index is 2.08. The van der Waals surface area contributed by atoms with Crippen LogP contribution in [0.4, 0.5) is 10.1 Å². The summed E-state index contributed by atoms with van der Waals surface area (Å²) in [7, 11) is -4.29. The van der Waals surface area contributed by atoms with Crippen molar-refractivity contribution in [2.45, 2.75) is 57.1 Å². The summed E-state index contributed by atoms with van der Waals surface area (Å²) in [6, 6.07) is 16.9. The molecule has 3 aromatic rings. The van der Waals surface area contributed by atoms with Gasteiger partial charge in [-0.25, -0.2) is 12.8 Å². The van der Waals surface area contributed by atoms with Crippen LogP contribution in [0.1, 0.15) is 39.7 Å². The van der Waals surface area contributed by atoms with E-state index in [-0.39, 0.29) is 34.5 Å². The summed E-state index contributed by atoms with van der Waals surface area (Å²) in [5, 5.41) is 3.12. The molecule has 0 aliphatic rings. The number of hydrogen-bond donors (Lipinski definition) is 1. The monoisotopic (exact) mass is 607 g/mol. The zero-order valence-electron chi connectivity index (χ0n) is 22.7. The highest BCUT2D eigenvalue weighted by Crippen LogP contribution is 2.28. The molecule has 0 aliphatic heterocycles. The third-order valence-corrected chi connectivity index (χ3v) is 8.28. The summed E-state index contributed by atoms with van der Waals surface area (Å²) in [5.74, 6) is -1.74. The van der Waals surface area contributed by atoms with Gasteiger partial charge in [0.2, 0.25) is 11.8 Å². The van der Waals surface area contributed by atoms with Crippen molar-refractivity contribution in [2.24, 2.45) is 0 Å². The van der Waals surface area contributed by atoms with Crippen molar-refractivity contribution >= 4 is 50.7 Å². The number of nitrogens with one attached hydrogen (secondary N) is 1. The maximum Gasteiger partial charge on any atom is 0.264 e. The fourth-order valence-corrected chi connectivity index (χ4v) is 5.78. The van der Waals surface area contributed by atoms with Crippen LogP contribution >= 0.6 is 23.2 Å². The molecule has 11 heteroatoms. The number of amides is 2. The lowest BCUT2D eigenvalue weighted by molar-refractivity contribution is -0.141. The van der Waals surface area contributed by atoms with Crippen molar-refractivity contribution in [3.8, 4) is 0 Å². The molecule has 0 aliphatic carbocycles. The Morgan fingerprint density at radius 2 is 1.60 bits per heavy atom. The zero-order valence-corrected chi connectivity index (χ0v) is 25.0. The minimum atomic E-state index is -4.29. The molecule has 0 unspecified atom stereocenters. The molecule has 3 rings (SSSR count). The van der Waals surface area contributed by atoms with Crippen LogP contribution in [0, 0.1) is 5.82 Å². The van der Waals surface area contributed by atoms with E-state index in [1.165, 1.54) is 23.1 Å². The van der Waals surface area contributed by atoms with Crippen molar-refractivity contribution in [1.82, 2.24) is 10.2 Å². The first-order valence-corrected chi connectivity index (χ1v) is 14.8.